The highest BCUT2D eigenvalue weighted by Gasteiger charge is 2.11. The molecule has 0 spiro atoms. The van der Waals surface area contributed by atoms with Crippen molar-refractivity contribution in [1.82, 2.24) is 5.32 Å². The lowest BCUT2D eigenvalue weighted by Crippen LogP contribution is -2.29. The average molecular weight is 285 g/mol. The molecule has 0 bridgehead atoms. The van der Waals surface area contributed by atoms with E-state index in [1.807, 2.05) is 42.5 Å². The van der Waals surface area contributed by atoms with Crippen LogP contribution in [0.15, 0.2) is 42.5 Å². The lowest BCUT2D eigenvalue weighted by molar-refractivity contribution is 0.0943. The summed E-state index contributed by atoms with van der Waals surface area (Å²) < 4.78 is 0. The van der Waals surface area contributed by atoms with Crippen molar-refractivity contribution in [1.29, 1.82) is 0 Å². The Kier molecular flexibility index (Phi) is 5.76. The zero-order valence-corrected chi connectivity index (χ0v) is 12.5. The molecule has 3 heteroatoms. The van der Waals surface area contributed by atoms with Crippen molar-refractivity contribution in [2.75, 3.05) is 13.2 Å². The lowest BCUT2D eigenvalue weighted by Gasteiger charge is -2.15. The molecule has 21 heavy (non-hydrogen) atoms. The number of rotatable bonds is 7. The van der Waals surface area contributed by atoms with Gasteiger partial charge in [-0.15, -0.1) is 0 Å². The van der Waals surface area contributed by atoms with Gasteiger partial charge in [0.2, 0.25) is 0 Å². The smallest absolute Gasteiger partial charge is 0.251 e. The van der Waals surface area contributed by atoms with E-state index in [0.717, 1.165) is 30.0 Å². The Bertz CT molecular complexity index is 589. The molecule has 1 atom stereocenters. The number of carbonyl (C=O) groups is 1. The van der Waals surface area contributed by atoms with Crippen LogP contribution in [-0.4, -0.2) is 24.2 Å². The normalized spacial score (nSPS) is 12.3. The molecule has 2 aromatic carbocycles. The van der Waals surface area contributed by atoms with Crippen LogP contribution in [0, 0.1) is 5.92 Å². The number of amides is 1. The second-order valence-corrected chi connectivity index (χ2v) is 5.44. The van der Waals surface area contributed by atoms with Crippen molar-refractivity contribution in [2.24, 2.45) is 5.92 Å². The maximum atomic E-state index is 12.2. The number of aliphatic hydroxyl groups excluding tert-OH is 1. The third-order valence-corrected chi connectivity index (χ3v) is 3.80. The molecule has 0 saturated carbocycles. The van der Waals surface area contributed by atoms with Gasteiger partial charge in [0.15, 0.2) is 0 Å². The largest absolute Gasteiger partial charge is 0.396 e. The summed E-state index contributed by atoms with van der Waals surface area (Å²) in [6.07, 6.45) is 2.83. The molecule has 0 saturated heterocycles. The van der Waals surface area contributed by atoms with Crippen LogP contribution < -0.4 is 5.32 Å². The van der Waals surface area contributed by atoms with E-state index in [9.17, 15) is 4.79 Å². The van der Waals surface area contributed by atoms with E-state index in [4.69, 9.17) is 5.11 Å². The number of nitrogens with one attached hydrogen (secondary N) is 1. The Morgan fingerprint density at radius 1 is 1.14 bits per heavy atom. The molecule has 112 valence electrons. The van der Waals surface area contributed by atoms with Crippen molar-refractivity contribution in [3.8, 4) is 0 Å². The Labute approximate surface area is 126 Å². The predicted molar refractivity (Wildman–Crippen MR) is 86.4 cm³/mol. The van der Waals surface area contributed by atoms with Gasteiger partial charge in [0.05, 0.1) is 0 Å². The maximum absolute atomic E-state index is 12.2. The first-order valence-electron chi connectivity index (χ1n) is 7.62. The zero-order chi connectivity index (χ0) is 15.1. The molecule has 2 N–H and O–H groups in total. The fraction of sp³-hybridized carbons (Fsp3) is 0.389. The lowest BCUT2D eigenvalue weighted by atomic mass is 10.00. The summed E-state index contributed by atoms with van der Waals surface area (Å²) in [5.74, 6) is 0.309. The first kappa shape index (κ1) is 15.5. The number of hydrogen-bond acceptors (Lipinski definition) is 2. The molecule has 0 fully saturated rings. The Hall–Kier alpha value is -1.87. The highest BCUT2D eigenvalue weighted by molar-refractivity contribution is 5.98. The van der Waals surface area contributed by atoms with Crippen LogP contribution in [0.25, 0.3) is 10.8 Å². The van der Waals surface area contributed by atoms with Crippen LogP contribution in [0.2, 0.25) is 0 Å². The highest BCUT2D eigenvalue weighted by atomic mass is 16.3. The topological polar surface area (TPSA) is 49.3 Å². The molecule has 0 aromatic heterocycles. The SMILES string of the molecule is CCCC(CCO)CNC(=O)c1ccc2ccccc2c1. The van der Waals surface area contributed by atoms with Gasteiger partial charge in [-0.2, -0.15) is 0 Å². The fourth-order valence-electron chi connectivity index (χ4n) is 2.61. The summed E-state index contributed by atoms with van der Waals surface area (Å²) in [6, 6.07) is 13.8. The van der Waals surface area contributed by atoms with Crippen molar-refractivity contribution < 1.29 is 9.90 Å². The quantitative estimate of drug-likeness (QED) is 0.819. The van der Waals surface area contributed by atoms with Gasteiger partial charge in [0, 0.05) is 18.7 Å². The first-order valence-corrected chi connectivity index (χ1v) is 7.62. The summed E-state index contributed by atoms with van der Waals surface area (Å²) in [7, 11) is 0. The molecule has 2 rings (SSSR count). The second-order valence-electron chi connectivity index (χ2n) is 5.44. The molecule has 0 aliphatic carbocycles. The first-order chi connectivity index (χ1) is 10.2. The number of aliphatic hydroxyl groups is 1. The molecule has 0 heterocycles. The predicted octanol–water partition coefficient (Wildman–Crippen LogP) is 3.37. The van der Waals surface area contributed by atoms with Crippen molar-refractivity contribution in [3.05, 3.63) is 48.0 Å². The van der Waals surface area contributed by atoms with Gasteiger partial charge in [-0.25, -0.2) is 0 Å². The minimum absolute atomic E-state index is 0.0419. The summed E-state index contributed by atoms with van der Waals surface area (Å²) >= 11 is 0. The standard InChI is InChI=1S/C18H23NO2/c1-2-5-14(10-11-20)13-19-18(21)17-9-8-15-6-3-4-7-16(15)12-17/h3-4,6-9,12,14,20H,2,5,10-11,13H2,1H3,(H,19,21). The summed E-state index contributed by atoms with van der Waals surface area (Å²) in [5, 5.41) is 14.2. The molecule has 1 unspecified atom stereocenters. The van der Waals surface area contributed by atoms with Gasteiger partial charge in [-0.05, 0) is 41.7 Å². The van der Waals surface area contributed by atoms with E-state index in [1.54, 1.807) is 0 Å². The van der Waals surface area contributed by atoms with Gasteiger partial charge in [-0.1, -0.05) is 43.7 Å². The summed E-state index contributed by atoms with van der Waals surface area (Å²) in [5.41, 5.74) is 0.688. The number of benzene rings is 2. The molecular formula is C18H23NO2. The van der Waals surface area contributed by atoms with E-state index < -0.39 is 0 Å². The molecule has 3 nitrogen and oxygen atoms in total. The molecule has 0 radical (unpaired) electrons. The van der Waals surface area contributed by atoms with E-state index in [-0.39, 0.29) is 12.5 Å². The fourth-order valence-corrected chi connectivity index (χ4v) is 2.61. The zero-order valence-electron chi connectivity index (χ0n) is 12.5. The minimum atomic E-state index is -0.0419. The van der Waals surface area contributed by atoms with E-state index in [2.05, 4.69) is 12.2 Å². The highest BCUT2D eigenvalue weighted by Crippen LogP contribution is 2.16. The Balaban J connectivity index is 2.01. The van der Waals surface area contributed by atoms with Crippen LogP contribution in [-0.2, 0) is 0 Å². The van der Waals surface area contributed by atoms with Crippen LogP contribution in [0.1, 0.15) is 36.5 Å². The number of fused-ring (bicyclic) bond motifs is 1. The Morgan fingerprint density at radius 3 is 2.62 bits per heavy atom. The van der Waals surface area contributed by atoms with E-state index >= 15 is 0 Å². The van der Waals surface area contributed by atoms with E-state index in [1.165, 1.54) is 0 Å². The van der Waals surface area contributed by atoms with Crippen LogP contribution in [0.4, 0.5) is 0 Å². The van der Waals surface area contributed by atoms with Crippen molar-refractivity contribution >= 4 is 16.7 Å². The van der Waals surface area contributed by atoms with Crippen molar-refractivity contribution in [2.45, 2.75) is 26.2 Å². The molecular weight excluding hydrogens is 262 g/mol. The van der Waals surface area contributed by atoms with Crippen LogP contribution >= 0.6 is 0 Å². The molecule has 0 aliphatic rings. The maximum Gasteiger partial charge on any atom is 0.251 e. The third kappa shape index (κ3) is 4.30. The van der Waals surface area contributed by atoms with Gasteiger partial charge in [0.1, 0.15) is 0 Å². The van der Waals surface area contributed by atoms with E-state index in [0.29, 0.717) is 18.0 Å². The van der Waals surface area contributed by atoms with Gasteiger partial charge in [-0.3, -0.25) is 4.79 Å². The molecule has 0 aliphatic heterocycles. The van der Waals surface area contributed by atoms with Gasteiger partial charge in [0.25, 0.3) is 5.91 Å². The number of hydrogen-bond donors (Lipinski definition) is 2. The number of carbonyl (C=O) groups excluding carboxylic acids is 1. The summed E-state index contributed by atoms with van der Waals surface area (Å²) in [6.45, 7) is 2.92. The van der Waals surface area contributed by atoms with Crippen LogP contribution in [0.3, 0.4) is 0 Å². The third-order valence-electron chi connectivity index (χ3n) is 3.80. The molecule has 1 amide bonds. The Morgan fingerprint density at radius 2 is 1.90 bits per heavy atom. The summed E-state index contributed by atoms with van der Waals surface area (Å²) in [4.78, 5) is 12.2. The monoisotopic (exact) mass is 285 g/mol. The minimum Gasteiger partial charge on any atom is -0.396 e. The van der Waals surface area contributed by atoms with Gasteiger partial charge < -0.3 is 10.4 Å². The van der Waals surface area contributed by atoms with Crippen LogP contribution in [0.5, 0.6) is 0 Å². The second kappa shape index (κ2) is 7.79. The van der Waals surface area contributed by atoms with Crippen molar-refractivity contribution in [3.63, 3.8) is 0 Å². The molecule has 2 aromatic rings. The average Bonchev–Trinajstić information content (AvgIpc) is 2.52. The van der Waals surface area contributed by atoms with Gasteiger partial charge >= 0.3 is 0 Å².